The molecule has 1 aromatic rings. The van der Waals surface area contributed by atoms with Crippen molar-refractivity contribution in [3.63, 3.8) is 0 Å². The number of nitrogens with two attached hydrogens (primary N) is 1. The van der Waals surface area contributed by atoms with Crippen LogP contribution in [0, 0.1) is 13.8 Å². The smallest absolute Gasteiger partial charge is 0.242 e. The van der Waals surface area contributed by atoms with E-state index >= 15 is 0 Å². The van der Waals surface area contributed by atoms with Crippen LogP contribution in [0.15, 0.2) is 17.0 Å². The molecule has 0 unspecified atom stereocenters. The minimum absolute atomic E-state index is 0.0326. The van der Waals surface area contributed by atoms with E-state index < -0.39 is 16.1 Å². The molecule has 0 bridgehead atoms. The molecule has 0 aliphatic carbocycles. The van der Waals surface area contributed by atoms with Crippen LogP contribution in [0.1, 0.15) is 18.1 Å². The number of hydrogen-bond donors (Lipinski definition) is 3. The first-order valence-corrected chi connectivity index (χ1v) is 6.77. The van der Waals surface area contributed by atoms with Crippen LogP contribution in [-0.2, 0) is 10.0 Å². The number of nitrogen functional groups attached to an aromatic ring is 1. The maximum absolute atomic E-state index is 12.0. The van der Waals surface area contributed by atoms with Crippen molar-refractivity contribution in [2.24, 2.45) is 0 Å². The van der Waals surface area contributed by atoms with Gasteiger partial charge in [-0.2, -0.15) is 0 Å². The molecular weight excluding hydrogens is 240 g/mol. The number of benzene rings is 1. The molecule has 0 saturated heterocycles. The molecule has 17 heavy (non-hydrogen) atoms. The second kappa shape index (κ2) is 5.03. The first-order chi connectivity index (χ1) is 7.75. The zero-order valence-electron chi connectivity index (χ0n) is 10.2. The number of aryl methyl sites for hydroxylation is 2. The zero-order chi connectivity index (χ0) is 13.2. The van der Waals surface area contributed by atoms with Crippen molar-refractivity contribution in [2.45, 2.75) is 31.8 Å². The number of sulfonamides is 1. The Labute approximate surface area is 102 Å². The highest BCUT2D eigenvalue weighted by Gasteiger charge is 2.21. The quantitative estimate of drug-likeness (QED) is 0.687. The SMILES string of the molecule is Cc1ccc(C)c(S(=O)(=O)NC[C@H](C)O)c1N. The van der Waals surface area contributed by atoms with Crippen molar-refractivity contribution >= 4 is 15.7 Å². The Morgan fingerprint density at radius 2 is 1.88 bits per heavy atom. The van der Waals surface area contributed by atoms with Crippen LogP contribution in [0.2, 0.25) is 0 Å². The van der Waals surface area contributed by atoms with Crippen LogP contribution in [0.3, 0.4) is 0 Å². The molecule has 0 saturated carbocycles. The molecule has 0 amide bonds. The molecule has 0 fully saturated rings. The van der Waals surface area contributed by atoms with Crippen molar-refractivity contribution in [3.8, 4) is 0 Å². The summed E-state index contributed by atoms with van der Waals surface area (Å²) < 4.78 is 26.4. The summed E-state index contributed by atoms with van der Waals surface area (Å²) >= 11 is 0. The normalized spacial score (nSPS) is 13.6. The Morgan fingerprint density at radius 3 is 2.41 bits per heavy atom. The van der Waals surface area contributed by atoms with Gasteiger partial charge in [0.15, 0.2) is 0 Å². The molecule has 0 heterocycles. The van der Waals surface area contributed by atoms with Crippen LogP contribution < -0.4 is 10.5 Å². The fourth-order valence-corrected chi connectivity index (χ4v) is 3.01. The van der Waals surface area contributed by atoms with Gasteiger partial charge in [-0.25, -0.2) is 13.1 Å². The van der Waals surface area contributed by atoms with Crippen LogP contribution in [0.4, 0.5) is 5.69 Å². The van der Waals surface area contributed by atoms with Gasteiger partial charge in [-0.05, 0) is 31.9 Å². The molecule has 1 aromatic carbocycles. The van der Waals surface area contributed by atoms with Crippen molar-refractivity contribution in [1.29, 1.82) is 0 Å². The Hall–Kier alpha value is -1.11. The Morgan fingerprint density at radius 1 is 1.35 bits per heavy atom. The van der Waals surface area contributed by atoms with Gasteiger partial charge in [-0.3, -0.25) is 0 Å². The summed E-state index contributed by atoms with van der Waals surface area (Å²) in [7, 11) is -3.67. The van der Waals surface area contributed by atoms with Gasteiger partial charge < -0.3 is 10.8 Å². The van der Waals surface area contributed by atoms with E-state index in [4.69, 9.17) is 10.8 Å². The third-order valence-corrected chi connectivity index (χ3v) is 4.07. The number of anilines is 1. The highest BCUT2D eigenvalue weighted by atomic mass is 32.2. The zero-order valence-corrected chi connectivity index (χ0v) is 11.0. The molecule has 4 N–H and O–H groups in total. The second-order valence-electron chi connectivity index (χ2n) is 4.14. The lowest BCUT2D eigenvalue weighted by Crippen LogP contribution is -2.31. The van der Waals surface area contributed by atoms with Gasteiger partial charge >= 0.3 is 0 Å². The highest BCUT2D eigenvalue weighted by Crippen LogP contribution is 2.25. The van der Waals surface area contributed by atoms with E-state index in [9.17, 15) is 8.42 Å². The van der Waals surface area contributed by atoms with Crippen molar-refractivity contribution in [2.75, 3.05) is 12.3 Å². The Balaban J connectivity index is 3.19. The fourth-order valence-electron chi connectivity index (χ4n) is 1.47. The predicted molar refractivity (Wildman–Crippen MR) is 67.2 cm³/mol. The van der Waals surface area contributed by atoms with E-state index in [1.165, 1.54) is 6.92 Å². The minimum Gasteiger partial charge on any atom is -0.397 e. The lowest BCUT2D eigenvalue weighted by molar-refractivity contribution is 0.198. The maximum Gasteiger partial charge on any atom is 0.242 e. The molecule has 1 atom stereocenters. The van der Waals surface area contributed by atoms with Gasteiger partial charge in [0.05, 0.1) is 11.8 Å². The van der Waals surface area contributed by atoms with E-state index in [1.807, 2.05) is 0 Å². The standard InChI is InChI=1S/C11H18N2O3S/c1-7-4-5-8(2)11(10(7)12)17(15,16)13-6-9(3)14/h4-5,9,13-14H,6,12H2,1-3H3/t9-/m0/s1. The van der Waals surface area contributed by atoms with E-state index in [2.05, 4.69) is 4.72 Å². The summed E-state index contributed by atoms with van der Waals surface area (Å²) in [5.41, 5.74) is 7.35. The van der Waals surface area contributed by atoms with Gasteiger partial charge in [0.1, 0.15) is 4.90 Å². The predicted octanol–water partition coefficient (Wildman–Crippen LogP) is 0.545. The van der Waals surface area contributed by atoms with Gasteiger partial charge in [0.25, 0.3) is 0 Å². The van der Waals surface area contributed by atoms with Gasteiger partial charge in [0.2, 0.25) is 10.0 Å². The van der Waals surface area contributed by atoms with Gasteiger partial charge in [-0.15, -0.1) is 0 Å². The first kappa shape index (κ1) is 14.0. The molecule has 0 aromatic heterocycles. The average Bonchev–Trinajstić information content (AvgIpc) is 2.21. The lowest BCUT2D eigenvalue weighted by atomic mass is 10.1. The molecule has 5 nitrogen and oxygen atoms in total. The summed E-state index contributed by atoms with van der Waals surface area (Å²) in [5.74, 6) is 0. The average molecular weight is 258 g/mol. The van der Waals surface area contributed by atoms with E-state index in [1.54, 1.807) is 26.0 Å². The lowest BCUT2D eigenvalue weighted by Gasteiger charge is -2.14. The molecular formula is C11H18N2O3S. The molecule has 96 valence electrons. The largest absolute Gasteiger partial charge is 0.397 e. The molecule has 0 spiro atoms. The molecule has 0 radical (unpaired) electrons. The Kier molecular flexibility index (Phi) is 4.13. The number of hydrogen-bond acceptors (Lipinski definition) is 4. The maximum atomic E-state index is 12.0. The first-order valence-electron chi connectivity index (χ1n) is 5.29. The van der Waals surface area contributed by atoms with Crippen LogP contribution >= 0.6 is 0 Å². The second-order valence-corrected chi connectivity index (χ2v) is 5.85. The summed E-state index contributed by atoms with van der Waals surface area (Å²) in [6.07, 6.45) is -0.740. The molecule has 0 aliphatic rings. The third kappa shape index (κ3) is 3.18. The summed E-state index contributed by atoms with van der Waals surface area (Å²) in [6.45, 7) is 4.92. The minimum atomic E-state index is -3.67. The summed E-state index contributed by atoms with van der Waals surface area (Å²) in [4.78, 5) is 0.0955. The topological polar surface area (TPSA) is 92.4 Å². The summed E-state index contributed by atoms with van der Waals surface area (Å²) in [5, 5.41) is 9.10. The van der Waals surface area contributed by atoms with Gasteiger partial charge in [0, 0.05) is 6.54 Å². The fraction of sp³-hybridized carbons (Fsp3) is 0.455. The number of aliphatic hydroxyl groups is 1. The van der Waals surface area contributed by atoms with Gasteiger partial charge in [-0.1, -0.05) is 12.1 Å². The van der Waals surface area contributed by atoms with E-state index in [0.29, 0.717) is 11.1 Å². The van der Waals surface area contributed by atoms with Crippen molar-refractivity contribution in [1.82, 2.24) is 4.72 Å². The van der Waals surface area contributed by atoms with Crippen molar-refractivity contribution in [3.05, 3.63) is 23.3 Å². The van der Waals surface area contributed by atoms with Crippen LogP contribution in [0.25, 0.3) is 0 Å². The van der Waals surface area contributed by atoms with Crippen molar-refractivity contribution < 1.29 is 13.5 Å². The van der Waals surface area contributed by atoms with Crippen LogP contribution in [-0.4, -0.2) is 26.2 Å². The molecule has 6 heteroatoms. The van der Waals surface area contributed by atoms with Crippen LogP contribution in [0.5, 0.6) is 0 Å². The number of nitrogens with one attached hydrogen (secondary N) is 1. The van der Waals surface area contributed by atoms with E-state index in [-0.39, 0.29) is 17.1 Å². The Bertz CT molecular complexity index is 510. The summed E-state index contributed by atoms with van der Waals surface area (Å²) in [6, 6.07) is 3.49. The molecule has 1 rings (SSSR count). The monoisotopic (exact) mass is 258 g/mol. The van der Waals surface area contributed by atoms with E-state index in [0.717, 1.165) is 0 Å². The molecule has 0 aliphatic heterocycles. The third-order valence-electron chi connectivity index (χ3n) is 2.45. The number of aliphatic hydroxyl groups excluding tert-OH is 1. The highest BCUT2D eigenvalue weighted by molar-refractivity contribution is 7.89. The number of rotatable bonds is 4.